The van der Waals surface area contributed by atoms with E-state index in [0.29, 0.717) is 28.3 Å². The summed E-state index contributed by atoms with van der Waals surface area (Å²) in [6.45, 7) is 3.25. The van der Waals surface area contributed by atoms with Gasteiger partial charge in [-0.1, -0.05) is 23.2 Å². The highest BCUT2D eigenvalue weighted by Crippen LogP contribution is 2.30. The van der Waals surface area contributed by atoms with Gasteiger partial charge in [-0.15, -0.1) is 0 Å². The monoisotopic (exact) mass is 325 g/mol. The summed E-state index contributed by atoms with van der Waals surface area (Å²) >= 11 is 12.1. The molecule has 0 aliphatic rings. The molecular formula is C15H17Cl2N3O. The fourth-order valence-corrected chi connectivity index (χ4v) is 2.32. The molecule has 0 unspecified atom stereocenters. The van der Waals surface area contributed by atoms with Crippen molar-refractivity contribution in [1.29, 1.82) is 0 Å². The molecule has 0 aromatic carbocycles. The molecule has 2 rings (SSSR count). The van der Waals surface area contributed by atoms with Crippen LogP contribution in [0.1, 0.15) is 18.9 Å². The van der Waals surface area contributed by atoms with Crippen LogP contribution in [0, 0.1) is 0 Å². The zero-order valence-electron chi connectivity index (χ0n) is 11.8. The van der Waals surface area contributed by atoms with Crippen LogP contribution in [-0.2, 0) is 6.42 Å². The van der Waals surface area contributed by atoms with Crippen LogP contribution < -0.4 is 10.1 Å². The van der Waals surface area contributed by atoms with Gasteiger partial charge in [-0.05, 0) is 43.5 Å². The molecule has 0 saturated carbocycles. The topological polar surface area (TPSA) is 47.0 Å². The Hall–Kier alpha value is -1.52. The summed E-state index contributed by atoms with van der Waals surface area (Å²) in [5.74, 6) is 0.999. The van der Waals surface area contributed by atoms with E-state index in [1.807, 2.05) is 19.1 Å². The number of hydrogen-bond donors (Lipinski definition) is 1. The van der Waals surface area contributed by atoms with Gasteiger partial charge in [-0.2, -0.15) is 4.98 Å². The molecule has 0 fully saturated rings. The van der Waals surface area contributed by atoms with E-state index in [0.717, 1.165) is 19.4 Å². The number of aromatic nitrogens is 2. The molecule has 21 heavy (non-hydrogen) atoms. The number of halogens is 2. The Kier molecular flexibility index (Phi) is 6.08. The second kappa shape index (κ2) is 8.05. The van der Waals surface area contributed by atoms with Crippen molar-refractivity contribution >= 4 is 29.0 Å². The summed E-state index contributed by atoms with van der Waals surface area (Å²) in [5, 5.41) is 3.98. The van der Waals surface area contributed by atoms with Gasteiger partial charge in [0, 0.05) is 18.9 Å². The lowest BCUT2D eigenvalue weighted by Crippen LogP contribution is -2.05. The molecule has 2 aromatic heterocycles. The first kappa shape index (κ1) is 15.9. The van der Waals surface area contributed by atoms with Gasteiger partial charge >= 0.3 is 0 Å². The van der Waals surface area contributed by atoms with E-state index in [1.54, 1.807) is 18.5 Å². The third-order valence-corrected chi connectivity index (χ3v) is 3.40. The lowest BCUT2D eigenvalue weighted by molar-refractivity contribution is 0.300. The Labute approximate surface area is 134 Å². The van der Waals surface area contributed by atoms with Gasteiger partial charge in [0.2, 0.25) is 5.88 Å². The molecule has 0 saturated heterocycles. The number of anilines is 1. The van der Waals surface area contributed by atoms with E-state index in [-0.39, 0.29) is 0 Å². The zero-order valence-corrected chi connectivity index (χ0v) is 13.3. The van der Waals surface area contributed by atoms with Crippen LogP contribution in [0.25, 0.3) is 0 Å². The van der Waals surface area contributed by atoms with Crippen molar-refractivity contribution in [3.8, 4) is 5.88 Å². The maximum Gasteiger partial charge on any atom is 0.234 e. The highest BCUT2D eigenvalue weighted by atomic mass is 35.5. The van der Waals surface area contributed by atoms with Gasteiger partial charge in [0.25, 0.3) is 0 Å². The maximum absolute atomic E-state index is 6.09. The van der Waals surface area contributed by atoms with Crippen molar-refractivity contribution in [2.24, 2.45) is 0 Å². The number of pyridine rings is 2. The van der Waals surface area contributed by atoms with Crippen LogP contribution in [0.5, 0.6) is 5.88 Å². The molecular weight excluding hydrogens is 309 g/mol. The van der Waals surface area contributed by atoms with Crippen molar-refractivity contribution in [3.63, 3.8) is 0 Å². The first-order chi connectivity index (χ1) is 10.2. The third kappa shape index (κ3) is 4.76. The van der Waals surface area contributed by atoms with Gasteiger partial charge in [-0.3, -0.25) is 4.98 Å². The quantitative estimate of drug-likeness (QED) is 0.774. The Morgan fingerprint density at radius 1 is 1.19 bits per heavy atom. The van der Waals surface area contributed by atoms with Gasteiger partial charge in [-0.25, -0.2) is 0 Å². The summed E-state index contributed by atoms with van der Waals surface area (Å²) < 4.78 is 5.64. The molecule has 4 nitrogen and oxygen atoms in total. The first-order valence-electron chi connectivity index (χ1n) is 6.82. The van der Waals surface area contributed by atoms with E-state index in [9.17, 15) is 0 Å². The number of ether oxygens (including phenoxy) is 1. The highest BCUT2D eigenvalue weighted by Gasteiger charge is 2.09. The minimum absolute atomic E-state index is 0.409. The summed E-state index contributed by atoms with van der Waals surface area (Å²) in [4.78, 5) is 8.29. The summed E-state index contributed by atoms with van der Waals surface area (Å²) in [6, 6.07) is 5.64. The average Bonchev–Trinajstić information content (AvgIpc) is 2.49. The fourth-order valence-electron chi connectivity index (χ4n) is 1.84. The molecule has 0 atom stereocenters. The molecule has 0 bridgehead atoms. The molecule has 2 heterocycles. The second-order valence-electron chi connectivity index (χ2n) is 4.44. The Morgan fingerprint density at radius 3 is 2.67 bits per heavy atom. The fraction of sp³-hybridized carbons (Fsp3) is 0.333. The van der Waals surface area contributed by atoms with Crippen molar-refractivity contribution < 1.29 is 4.74 Å². The summed E-state index contributed by atoms with van der Waals surface area (Å²) in [7, 11) is 0. The zero-order chi connectivity index (χ0) is 15.1. The lowest BCUT2D eigenvalue weighted by Gasteiger charge is -2.11. The largest absolute Gasteiger partial charge is 0.477 e. The molecule has 0 amide bonds. The number of rotatable bonds is 7. The first-order valence-corrected chi connectivity index (χ1v) is 7.58. The van der Waals surface area contributed by atoms with Gasteiger partial charge in [0.1, 0.15) is 10.8 Å². The second-order valence-corrected chi connectivity index (χ2v) is 5.26. The van der Waals surface area contributed by atoms with E-state index in [4.69, 9.17) is 27.9 Å². The van der Waals surface area contributed by atoms with Crippen LogP contribution in [0.3, 0.4) is 0 Å². The average molecular weight is 326 g/mol. The van der Waals surface area contributed by atoms with E-state index >= 15 is 0 Å². The molecule has 0 aliphatic heterocycles. The van der Waals surface area contributed by atoms with Crippen LogP contribution >= 0.6 is 23.2 Å². The molecule has 0 spiro atoms. The molecule has 6 heteroatoms. The Bertz CT molecular complexity index is 579. The minimum Gasteiger partial charge on any atom is -0.477 e. The molecule has 112 valence electrons. The minimum atomic E-state index is 0.409. The smallest absolute Gasteiger partial charge is 0.234 e. The molecule has 2 aromatic rings. The SMILES string of the molecule is CCNc1nc(OCCCc2ccncc2)c(Cl)cc1Cl. The number of aryl methyl sites for hydroxylation is 1. The van der Waals surface area contributed by atoms with E-state index in [1.165, 1.54) is 5.56 Å². The molecule has 0 radical (unpaired) electrons. The number of hydrogen-bond acceptors (Lipinski definition) is 4. The maximum atomic E-state index is 6.09. The van der Waals surface area contributed by atoms with Gasteiger partial charge < -0.3 is 10.1 Å². The van der Waals surface area contributed by atoms with E-state index < -0.39 is 0 Å². The standard InChI is InChI=1S/C15H17Cl2N3O/c1-2-19-14-12(16)10-13(17)15(20-14)21-9-3-4-11-5-7-18-8-6-11/h5-8,10H,2-4,9H2,1H3,(H,19,20). The molecule has 0 aliphatic carbocycles. The summed E-state index contributed by atoms with van der Waals surface area (Å²) in [5.41, 5.74) is 1.23. The van der Waals surface area contributed by atoms with Crippen molar-refractivity contribution in [1.82, 2.24) is 9.97 Å². The van der Waals surface area contributed by atoms with Crippen LogP contribution in [0.2, 0.25) is 10.0 Å². The third-order valence-electron chi connectivity index (χ3n) is 2.84. The predicted molar refractivity (Wildman–Crippen MR) is 86.5 cm³/mol. The van der Waals surface area contributed by atoms with Crippen molar-refractivity contribution in [2.45, 2.75) is 19.8 Å². The lowest BCUT2D eigenvalue weighted by atomic mass is 10.1. The predicted octanol–water partition coefficient (Wildman–Crippen LogP) is 4.23. The Morgan fingerprint density at radius 2 is 1.95 bits per heavy atom. The number of nitrogens with zero attached hydrogens (tertiary/aromatic N) is 2. The van der Waals surface area contributed by atoms with Crippen LogP contribution in [0.4, 0.5) is 5.82 Å². The van der Waals surface area contributed by atoms with Crippen molar-refractivity contribution in [2.75, 3.05) is 18.5 Å². The number of nitrogens with one attached hydrogen (secondary N) is 1. The van der Waals surface area contributed by atoms with Crippen LogP contribution in [-0.4, -0.2) is 23.1 Å². The van der Waals surface area contributed by atoms with Crippen molar-refractivity contribution in [3.05, 3.63) is 46.2 Å². The van der Waals surface area contributed by atoms with Gasteiger partial charge in [0.05, 0.1) is 11.6 Å². The van der Waals surface area contributed by atoms with Crippen LogP contribution in [0.15, 0.2) is 30.6 Å². The summed E-state index contributed by atoms with van der Waals surface area (Å²) in [6.07, 6.45) is 5.38. The highest BCUT2D eigenvalue weighted by molar-refractivity contribution is 6.36. The normalized spacial score (nSPS) is 10.4. The molecule has 1 N–H and O–H groups in total. The van der Waals surface area contributed by atoms with E-state index in [2.05, 4.69) is 15.3 Å². The Balaban J connectivity index is 1.89. The van der Waals surface area contributed by atoms with Gasteiger partial charge in [0.15, 0.2) is 0 Å².